The van der Waals surface area contributed by atoms with E-state index in [1.54, 1.807) is 0 Å². The number of hydrogen-bond acceptors (Lipinski definition) is 2. The molecule has 1 amide bonds. The molecular formula is C23H26ClN3O. The Balaban J connectivity index is 1.61. The summed E-state index contributed by atoms with van der Waals surface area (Å²) in [5.74, 6) is 1.31. The van der Waals surface area contributed by atoms with E-state index in [1.165, 1.54) is 24.8 Å². The van der Waals surface area contributed by atoms with Crippen molar-refractivity contribution in [2.24, 2.45) is 0 Å². The number of amides is 1. The average Bonchev–Trinajstić information content (AvgIpc) is 3.27. The molecule has 2 heterocycles. The molecule has 3 aromatic rings. The van der Waals surface area contributed by atoms with Gasteiger partial charge in [-0.05, 0) is 42.8 Å². The first-order valence-corrected chi connectivity index (χ1v) is 10.6. The summed E-state index contributed by atoms with van der Waals surface area (Å²) >= 11 is 6.00. The van der Waals surface area contributed by atoms with E-state index in [0.717, 1.165) is 30.0 Å². The molecule has 0 radical (unpaired) electrons. The maximum absolute atomic E-state index is 12.7. The minimum Gasteiger partial charge on any atom is -0.328 e. The first-order valence-electron chi connectivity index (χ1n) is 10.2. The number of hydrogen-bond donors (Lipinski definition) is 0. The lowest BCUT2D eigenvalue weighted by molar-refractivity contribution is -0.117. The molecule has 0 bridgehead atoms. The van der Waals surface area contributed by atoms with E-state index in [0.29, 0.717) is 18.0 Å². The third kappa shape index (κ3) is 3.79. The molecule has 1 unspecified atom stereocenters. The van der Waals surface area contributed by atoms with Crippen molar-refractivity contribution in [3.63, 3.8) is 0 Å². The Kier molecular flexibility index (Phi) is 5.67. The first-order chi connectivity index (χ1) is 13.7. The normalized spacial score (nSPS) is 17.0. The average molecular weight is 396 g/mol. The highest BCUT2D eigenvalue weighted by Crippen LogP contribution is 2.33. The molecule has 4 nitrogen and oxygen atoms in total. The van der Waals surface area contributed by atoms with Crippen LogP contribution < -0.4 is 4.90 Å². The predicted octanol–water partition coefficient (Wildman–Crippen LogP) is 5.79. The van der Waals surface area contributed by atoms with Gasteiger partial charge < -0.3 is 9.47 Å². The molecule has 146 valence electrons. The summed E-state index contributed by atoms with van der Waals surface area (Å²) in [6.45, 7) is 3.85. The molecule has 1 aliphatic heterocycles. The van der Waals surface area contributed by atoms with Crippen LogP contribution in [0.2, 0.25) is 5.02 Å². The highest BCUT2D eigenvalue weighted by Gasteiger charge is 2.34. The number of unbranched alkanes of at least 4 members (excludes halogenated alkanes) is 3. The van der Waals surface area contributed by atoms with Gasteiger partial charge in [-0.2, -0.15) is 0 Å². The predicted molar refractivity (Wildman–Crippen MR) is 115 cm³/mol. The van der Waals surface area contributed by atoms with Gasteiger partial charge in [0.15, 0.2) is 0 Å². The second kappa shape index (κ2) is 8.36. The molecule has 1 fully saturated rings. The molecule has 1 aromatic heterocycles. The van der Waals surface area contributed by atoms with Crippen molar-refractivity contribution < 1.29 is 4.79 Å². The number of benzene rings is 2. The van der Waals surface area contributed by atoms with Gasteiger partial charge in [0, 0.05) is 36.1 Å². The van der Waals surface area contributed by atoms with Crippen molar-refractivity contribution in [3.8, 4) is 0 Å². The summed E-state index contributed by atoms with van der Waals surface area (Å²) in [6.07, 6.45) is 5.35. The quantitative estimate of drug-likeness (QED) is 0.475. The number of nitrogens with zero attached hydrogens (tertiary/aromatic N) is 3. The van der Waals surface area contributed by atoms with Crippen LogP contribution in [-0.4, -0.2) is 22.0 Å². The van der Waals surface area contributed by atoms with Crippen molar-refractivity contribution in [2.45, 2.75) is 51.5 Å². The summed E-state index contributed by atoms with van der Waals surface area (Å²) in [5.41, 5.74) is 3.10. The number of carbonyl (C=O) groups excluding carboxylic acids is 1. The van der Waals surface area contributed by atoms with Gasteiger partial charge in [-0.25, -0.2) is 4.98 Å². The monoisotopic (exact) mass is 395 g/mol. The fraction of sp³-hybridized carbons (Fsp3) is 0.391. The van der Waals surface area contributed by atoms with Crippen LogP contribution in [0, 0.1) is 0 Å². The molecule has 0 saturated carbocycles. The maximum Gasteiger partial charge on any atom is 0.227 e. The zero-order valence-corrected chi connectivity index (χ0v) is 17.0. The lowest BCUT2D eigenvalue weighted by atomic mass is 10.1. The molecule has 2 aromatic carbocycles. The Hall–Kier alpha value is -2.33. The van der Waals surface area contributed by atoms with Crippen LogP contribution in [0.4, 0.5) is 5.69 Å². The van der Waals surface area contributed by atoms with E-state index >= 15 is 0 Å². The Labute approximate surface area is 171 Å². The molecule has 0 N–H and O–H groups in total. The fourth-order valence-corrected chi connectivity index (χ4v) is 4.21. The van der Waals surface area contributed by atoms with E-state index < -0.39 is 0 Å². The first kappa shape index (κ1) is 19.0. The number of anilines is 1. The number of halogens is 1. The lowest BCUT2D eigenvalue weighted by Gasteiger charge is -2.17. The summed E-state index contributed by atoms with van der Waals surface area (Å²) < 4.78 is 2.34. The highest BCUT2D eigenvalue weighted by molar-refractivity contribution is 6.30. The smallest absolute Gasteiger partial charge is 0.227 e. The number of para-hydroxylation sites is 2. The number of fused-ring (bicyclic) bond motifs is 1. The number of carbonyl (C=O) groups is 1. The van der Waals surface area contributed by atoms with Crippen LogP contribution in [0.15, 0.2) is 48.5 Å². The van der Waals surface area contributed by atoms with E-state index in [2.05, 4.69) is 29.7 Å². The number of aryl methyl sites for hydroxylation is 1. The van der Waals surface area contributed by atoms with Gasteiger partial charge in [0.1, 0.15) is 5.82 Å². The van der Waals surface area contributed by atoms with E-state index in [1.807, 2.05) is 35.2 Å². The van der Waals surface area contributed by atoms with Crippen molar-refractivity contribution in [3.05, 3.63) is 59.4 Å². The van der Waals surface area contributed by atoms with Crippen LogP contribution in [0.5, 0.6) is 0 Å². The van der Waals surface area contributed by atoms with Gasteiger partial charge in [0.2, 0.25) is 5.91 Å². The summed E-state index contributed by atoms with van der Waals surface area (Å²) in [5, 5.41) is 0.681. The summed E-state index contributed by atoms with van der Waals surface area (Å²) in [4.78, 5) is 19.5. The highest BCUT2D eigenvalue weighted by atomic mass is 35.5. The van der Waals surface area contributed by atoms with Gasteiger partial charge >= 0.3 is 0 Å². The summed E-state index contributed by atoms with van der Waals surface area (Å²) in [7, 11) is 0. The van der Waals surface area contributed by atoms with Crippen molar-refractivity contribution >= 4 is 34.2 Å². The molecule has 1 atom stereocenters. The largest absolute Gasteiger partial charge is 0.328 e. The third-order valence-corrected chi connectivity index (χ3v) is 5.80. The van der Waals surface area contributed by atoms with Crippen molar-refractivity contribution in [1.29, 1.82) is 0 Å². The molecular weight excluding hydrogens is 370 g/mol. The van der Waals surface area contributed by atoms with Crippen molar-refractivity contribution in [1.82, 2.24) is 9.55 Å². The standard InChI is InChI=1S/C23H26ClN3O/c1-2-3-4-7-14-26-21-9-6-5-8-20(21)25-23(26)17-15-22(28)27(16-17)19-12-10-18(24)11-13-19/h5-6,8-13,17H,2-4,7,14-16H2,1H3. The Morgan fingerprint density at radius 1 is 1.07 bits per heavy atom. The minimum atomic E-state index is 0.113. The van der Waals surface area contributed by atoms with Crippen LogP contribution in [-0.2, 0) is 11.3 Å². The molecule has 1 saturated heterocycles. The van der Waals surface area contributed by atoms with Gasteiger partial charge in [0.25, 0.3) is 0 Å². The molecule has 5 heteroatoms. The third-order valence-electron chi connectivity index (χ3n) is 5.55. The molecule has 28 heavy (non-hydrogen) atoms. The second-order valence-corrected chi connectivity index (χ2v) is 7.99. The van der Waals surface area contributed by atoms with Gasteiger partial charge in [-0.15, -0.1) is 0 Å². The topological polar surface area (TPSA) is 38.1 Å². The second-order valence-electron chi connectivity index (χ2n) is 7.55. The zero-order chi connectivity index (χ0) is 19.5. The van der Waals surface area contributed by atoms with Gasteiger partial charge in [0.05, 0.1) is 11.0 Å². The molecule has 4 rings (SSSR count). The van der Waals surface area contributed by atoms with E-state index in [-0.39, 0.29) is 11.8 Å². The molecule has 0 spiro atoms. The number of aromatic nitrogens is 2. The van der Waals surface area contributed by atoms with E-state index in [9.17, 15) is 4.79 Å². The van der Waals surface area contributed by atoms with Gasteiger partial charge in [-0.3, -0.25) is 4.79 Å². The zero-order valence-electron chi connectivity index (χ0n) is 16.3. The number of imidazole rings is 1. The minimum absolute atomic E-state index is 0.113. The SMILES string of the molecule is CCCCCCn1c(C2CC(=O)N(c3ccc(Cl)cc3)C2)nc2ccccc21. The van der Waals surface area contributed by atoms with E-state index in [4.69, 9.17) is 16.6 Å². The number of rotatable bonds is 7. The Morgan fingerprint density at radius 3 is 2.64 bits per heavy atom. The molecule has 1 aliphatic rings. The van der Waals surface area contributed by atoms with Crippen LogP contribution in [0.25, 0.3) is 11.0 Å². The molecule has 0 aliphatic carbocycles. The Morgan fingerprint density at radius 2 is 1.86 bits per heavy atom. The van der Waals surface area contributed by atoms with Crippen molar-refractivity contribution in [2.75, 3.05) is 11.4 Å². The lowest BCUT2D eigenvalue weighted by Crippen LogP contribution is -2.24. The van der Waals surface area contributed by atoms with Gasteiger partial charge in [-0.1, -0.05) is 49.9 Å². The van der Waals surface area contributed by atoms with Crippen LogP contribution >= 0.6 is 11.6 Å². The Bertz CT molecular complexity index is 964. The summed E-state index contributed by atoms with van der Waals surface area (Å²) in [6, 6.07) is 15.8. The maximum atomic E-state index is 12.7. The fourth-order valence-electron chi connectivity index (χ4n) is 4.09. The van der Waals surface area contributed by atoms with Crippen LogP contribution in [0.3, 0.4) is 0 Å². The van der Waals surface area contributed by atoms with Crippen LogP contribution in [0.1, 0.15) is 50.8 Å².